The van der Waals surface area contributed by atoms with E-state index in [1.807, 2.05) is 30.3 Å². The fraction of sp³-hybridized carbons (Fsp3) is 0.143. The highest BCUT2D eigenvalue weighted by Crippen LogP contribution is 2.38. The number of fused-ring (bicyclic) bond motifs is 1. The Bertz CT molecular complexity index is 1110. The predicted octanol–water partition coefficient (Wildman–Crippen LogP) is 4.31. The Morgan fingerprint density at radius 1 is 1.04 bits per heavy atom. The Balaban J connectivity index is 1.74. The Kier molecular flexibility index (Phi) is 4.51. The van der Waals surface area contributed by atoms with E-state index in [2.05, 4.69) is 35.1 Å². The molecule has 0 radical (unpaired) electrons. The molecule has 0 aliphatic rings. The summed E-state index contributed by atoms with van der Waals surface area (Å²) in [6.07, 6.45) is 1.69. The highest BCUT2D eigenvalue weighted by atomic mass is 32.1. The van der Waals surface area contributed by atoms with E-state index >= 15 is 0 Å². The fourth-order valence-corrected chi connectivity index (χ4v) is 4.34. The Hall–Kier alpha value is -2.96. The average Bonchev–Trinajstić information content (AvgIpc) is 3.03. The lowest BCUT2D eigenvalue weighted by Gasteiger charge is -2.13. The molecular weight excluding hydrogens is 356 g/mol. The molecule has 0 spiro atoms. The summed E-state index contributed by atoms with van der Waals surface area (Å²) in [5.74, 6) is 1.11. The number of methoxy groups -OCH3 is 1. The number of nitrogen functional groups attached to an aromatic ring is 1. The van der Waals surface area contributed by atoms with Crippen molar-refractivity contribution in [3.8, 4) is 16.3 Å². The smallest absolute Gasteiger partial charge is 0.220 e. The summed E-state index contributed by atoms with van der Waals surface area (Å²) < 4.78 is 6.42. The predicted molar refractivity (Wildman–Crippen MR) is 111 cm³/mol. The summed E-state index contributed by atoms with van der Waals surface area (Å²) in [6.45, 7) is 2.11. The van der Waals surface area contributed by atoms with Crippen LogP contribution in [0.1, 0.15) is 22.7 Å². The molecule has 1 unspecified atom stereocenters. The van der Waals surface area contributed by atoms with Crippen molar-refractivity contribution in [1.29, 1.82) is 0 Å². The van der Waals surface area contributed by atoms with E-state index in [4.69, 9.17) is 16.2 Å². The highest BCUT2D eigenvalue weighted by Gasteiger charge is 2.15. The van der Waals surface area contributed by atoms with Gasteiger partial charge in [-0.2, -0.15) is 0 Å². The van der Waals surface area contributed by atoms with E-state index in [-0.39, 0.29) is 12.0 Å². The van der Waals surface area contributed by atoms with Crippen molar-refractivity contribution in [3.63, 3.8) is 0 Å². The van der Waals surface area contributed by atoms with E-state index in [0.717, 1.165) is 27.4 Å². The van der Waals surface area contributed by atoms with Gasteiger partial charge in [-0.1, -0.05) is 18.2 Å². The van der Waals surface area contributed by atoms with Gasteiger partial charge < -0.3 is 16.2 Å². The Labute approximate surface area is 161 Å². The van der Waals surface area contributed by atoms with Crippen LogP contribution in [0.4, 0.5) is 5.95 Å². The lowest BCUT2D eigenvalue weighted by molar-refractivity contribution is 0.414. The van der Waals surface area contributed by atoms with Crippen LogP contribution in [-0.4, -0.2) is 17.1 Å². The van der Waals surface area contributed by atoms with E-state index in [9.17, 15) is 0 Å². The van der Waals surface area contributed by atoms with E-state index < -0.39 is 0 Å². The van der Waals surface area contributed by atoms with Gasteiger partial charge in [0.15, 0.2) is 0 Å². The molecular formula is C21H20N4OS. The molecule has 1 atom stereocenters. The molecule has 2 aromatic carbocycles. The number of benzene rings is 2. The molecule has 0 aliphatic carbocycles. The number of rotatable bonds is 4. The molecule has 5 nitrogen and oxygen atoms in total. The zero-order chi connectivity index (χ0) is 19.0. The number of hydrogen-bond donors (Lipinski definition) is 2. The molecule has 0 fully saturated rings. The number of nitrogens with zero attached hydrogens (tertiary/aromatic N) is 2. The maximum absolute atomic E-state index is 6.51. The van der Waals surface area contributed by atoms with Gasteiger partial charge in [0.2, 0.25) is 5.95 Å². The number of thiophene rings is 1. The fourth-order valence-electron chi connectivity index (χ4n) is 3.18. The second-order valence-corrected chi connectivity index (χ2v) is 7.41. The number of aromatic nitrogens is 2. The maximum Gasteiger partial charge on any atom is 0.220 e. The molecule has 0 amide bonds. The lowest BCUT2D eigenvalue weighted by Crippen LogP contribution is -2.11. The largest absolute Gasteiger partial charge is 0.497 e. The summed E-state index contributed by atoms with van der Waals surface area (Å²) in [5, 5.41) is 1.19. The Morgan fingerprint density at radius 2 is 1.78 bits per heavy atom. The minimum Gasteiger partial charge on any atom is -0.497 e. The summed E-state index contributed by atoms with van der Waals surface area (Å²) in [5.41, 5.74) is 16.4. The average molecular weight is 376 g/mol. The first-order chi connectivity index (χ1) is 13.1. The molecule has 136 valence electrons. The molecule has 2 heterocycles. The summed E-state index contributed by atoms with van der Waals surface area (Å²) >= 11 is 1.70. The van der Waals surface area contributed by atoms with Crippen LogP contribution < -0.4 is 16.2 Å². The Morgan fingerprint density at radius 3 is 2.48 bits per heavy atom. The van der Waals surface area contributed by atoms with Gasteiger partial charge in [-0.15, -0.1) is 11.3 Å². The van der Waals surface area contributed by atoms with E-state index in [1.54, 1.807) is 24.6 Å². The van der Waals surface area contributed by atoms with Crippen LogP contribution in [0.3, 0.4) is 0 Å². The molecule has 27 heavy (non-hydrogen) atoms. The molecule has 6 heteroatoms. The van der Waals surface area contributed by atoms with E-state index in [0.29, 0.717) is 0 Å². The third-order valence-corrected chi connectivity index (χ3v) is 6.00. The first-order valence-electron chi connectivity index (χ1n) is 8.58. The van der Waals surface area contributed by atoms with Crippen molar-refractivity contribution in [2.75, 3.05) is 12.8 Å². The first kappa shape index (κ1) is 17.5. The van der Waals surface area contributed by atoms with Crippen molar-refractivity contribution in [2.45, 2.75) is 13.0 Å². The van der Waals surface area contributed by atoms with E-state index in [1.165, 1.54) is 15.6 Å². The third kappa shape index (κ3) is 3.25. The van der Waals surface area contributed by atoms with Crippen LogP contribution in [0, 0.1) is 6.92 Å². The van der Waals surface area contributed by atoms with Crippen LogP contribution in [0.25, 0.3) is 20.7 Å². The van der Waals surface area contributed by atoms with Gasteiger partial charge in [0, 0.05) is 10.9 Å². The molecule has 0 bridgehead atoms. The monoisotopic (exact) mass is 376 g/mol. The zero-order valence-corrected chi connectivity index (χ0v) is 16.0. The number of anilines is 1. The number of hydrogen-bond acceptors (Lipinski definition) is 6. The highest BCUT2D eigenvalue weighted by molar-refractivity contribution is 7.22. The van der Waals surface area contributed by atoms with Gasteiger partial charge in [-0.05, 0) is 59.3 Å². The van der Waals surface area contributed by atoms with Gasteiger partial charge in [-0.25, -0.2) is 9.97 Å². The summed E-state index contributed by atoms with van der Waals surface area (Å²) in [7, 11) is 1.66. The van der Waals surface area contributed by atoms with Gasteiger partial charge in [-0.3, -0.25) is 0 Å². The third-order valence-electron chi connectivity index (χ3n) is 4.70. The zero-order valence-electron chi connectivity index (χ0n) is 15.1. The lowest BCUT2D eigenvalue weighted by atomic mass is 9.97. The molecule has 0 saturated carbocycles. The summed E-state index contributed by atoms with van der Waals surface area (Å²) in [6, 6.07) is 15.9. The van der Waals surface area contributed by atoms with Gasteiger partial charge >= 0.3 is 0 Å². The second kappa shape index (κ2) is 6.98. The maximum atomic E-state index is 6.51. The molecule has 2 aromatic heterocycles. The first-order valence-corrected chi connectivity index (χ1v) is 9.40. The minimum absolute atomic E-state index is 0.197. The van der Waals surface area contributed by atoms with Crippen molar-refractivity contribution < 1.29 is 4.74 Å². The van der Waals surface area contributed by atoms with Crippen LogP contribution in [-0.2, 0) is 0 Å². The molecule has 0 aliphatic heterocycles. The van der Waals surface area contributed by atoms with Crippen LogP contribution in [0.15, 0.2) is 54.7 Å². The standard InChI is InChI=1S/C21H20N4OS/c1-12-16-11-14(19(22)13-3-6-15(26-2)7-4-13)5-8-18(16)27-20(12)17-9-10-24-21(23)25-17/h3-11,19H,22H2,1-2H3,(H2,23,24,25). The minimum atomic E-state index is -0.197. The SMILES string of the molecule is COc1ccc(C(N)c2ccc3sc(-c4ccnc(N)n4)c(C)c3c2)cc1. The van der Waals surface area contributed by atoms with Gasteiger partial charge in [0.05, 0.1) is 23.7 Å². The van der Waals surface area contributed by atoms with Crippen molar-refractivity contribution in [2.24, 2.45) is 5.73 Å². The van der Waals surface area contributed by atoms with Crippen molar-refractivity contribution in [3.05, 3.63) is 71.4 Å². The molecule has 4 rings (SSSR count). The quantitative estimate of drug-likeness (QED) is 0.554. The summed E-state index contributed by atoms with van der Waals surface area (Å²) in [4.78, 5) is 9.45. The molecule has 4 aromatic rings. The van der Waals surface area contributed by atoms with Crippen LogP contribution >= 0.6 is 11.3 Å². The van der Waals surface area contributed by atoms with Crippen LogP contribution in [0.2, 0.25) is 0 Å². The van der Waals surface area contributed by atoms with Crippen molar-refractivity contribution in [1.82, 2.24) is 9.97 Å². The normalized spacial score (nSPS) is 12.3. The number of nitrogens with two attached hydrogens (primary N) is 2. The number of aryl methyl sites for hydroxylation is 1. The van der Waals surface area contributed by atoms with Crippen molar-refractivity contribution >= 4 is 27.4 Å². The van der Waals surface area contributed by atoms with Gasteiger partial charge in [0.1, 0.15) is 5.75 Å². The topological polar surface area (TPSA) is 87.0 Å². The number of ether oxygens (including phenoxy) is 1. The second-order valence-electron chi connectivity index (χ2n) is 6.36. The van der Waals surface area contributed by atoms with Crippen LogP contribution in [0.5, 0.6) is 5.75 Å². The molecule has 4 N–H and O–H groups in total. The van der Waals surface area contributed by atoms with Gasteiger partial charge in [0.25, 0.3) is 0 Å². The molecule has 0 saturated heterocycles.